The molecule has 7 nitrogen and oxygen atoms in total. The minimum atomic E-state index is -2.43. The van der Waals surface area contributed by atoms with Crippen LogP contribution in [0.1, 0.15) is 33.6 Å². The Kier molecular flexibility index (Phi) is 3.82. The molecule has 24 heavy (non-hydrogen) atoms. The number of benzene rings is 1. The van der Waals surface area contributed by atoms with Crippen molar-refractivity contribution < 1.29 is 28.7 Å². The number of amides is 3. The lowest BCUT2D eigenvalue weighted by Crippen LogP contribution is -2.40. The van der Waals surface area contributed by atoms with Gasteiger partial charge in [0.1, 0.15) is 0 Å². The van der Waals surface area contributed by atoms with Gasteiger partial charge in [0, 0.05) is 25.9 Å². The SMILES string of the molecule is O=C(CCN1C(=O)c2ccccc2C1=O)N1CCC(F)(C(=O)O)C1. The first kappa shape index (κ1) is 16.1. The quantitative estimate of drug-likeness (QED) is 0.818. The molecular formula is C16H15FN2O5. The third kappa shape index (κ3) is 2.53. The fourth-order valence-corrected chi connectivity index (χ4v) is 2.97. The van der Waals surface area contributed by atoms with E-state index < -0.39 is 35.9 Å². The van der Waals surface area contributed by atoms with Gasteiger partial charge in [-0.15, -0.1) is 0 Å². The summed E-state index contributed by atoms with van der Waals surface area (Å²) in [5, 5.41) is 8.83. The molecule has 0 radical (unpaired) electrons. The molecule has 2 heterocycles. The van der Waals surface area contributed by atoms with Gasteiger partial charge in [0.15, 0.2) is 0 Å². The summed E-state index contributed by atoms with van der Waals surface area (Å²) in [5.74, 6) is -2.99. The number of nitrogens with zero attached hydrogens (tertiary/aromatic N) is 2. The number of carbonyl (C=O) groups is 4. The molecule has 1 saturated heterocycles. The zero-order valence-electron chi connectivity index (χ0n) is 12.7. The van der Waals surface area contributed by atoms with Gasteiger partial charge in [-0.3, -0.25) is 19.3 Å². The van der Waals surface area contributed by atoms with Crippen molar-refractivity contribution in [3.8, 4) is 0 Å². The third-order valence-electron chi connectivity index (χ3n) is 4.38. The number of likely N-dealkylation sites (tertiary alicyclic amines) is 1. The molecule has 0 saturated carbocycles. The number of fused-ring (bicyclic) bond motifs is 1. The predicted molar refractivity (Wildman–Crippen MR) is 79.1 cm³/mol. The molecule has 1 fully saturated rings. The number of carbonyl (C=O) groups excluding carboxylic acids is 3. The lowest BCUT2D eigenvalue weighted by atomic mass is 10.1. The fourth-order valence-electron chi connectivity index (χ4n) is 2.97. The van der Waals surface area contributed by atoms with E-state index in [1.54, 1.807) is 24.3 Å². The second-order valence-electron chi connectivity index (χ2n) is 5.89. The van der Waals surface area contributed by atoms with Gasteiger partial charge in [0.05, 0.1) is 17.7 Å². The molecule has 3 rings (SSSR count). The highest BCUT2D eigenvalue weighted by Gasteiger charge is 2.47. The van der Waals surface area contributed by atoms with Crippen LogP contribution < -0.4 is 0 Å². The van der Waals surface area contributed by atoms with E-state index in [1.165, 1.54) is 0 Å². The number of hydrogen-bond donors (Lipinski definition) is 1. The Morgan fingerprint density at radius 1 is 1.17 bits per heavy atom. The van der Waals surface area contributed by atoms with Gasteiger partial charge >= 0.3 is 5.97 Å². The Bertz CT molecular complexity index is 715. The minimum absolute atomic E-state index is 0.00372. The van der Waals surface area contributed by atoms with Gasteiger partial charge in [0.2, 0.25) is 11.6 Å². The van der Waals surface area contributed by atoms with Crippen molar-refractivity contribution >= 4 is 23.7 Å². The molecule has 2 aliphatic rings. The van der Waals surface area contributed by atoms with Crippen molar-refractivity contribution in [2.75, 3.05) is 19.6 Å². The first-order valence-electron chi connectivity index (χ1n) is 7.49. The molecule has 1 unspecified atom stereocenters. The van der Waals surface area contributed by atoms with Crippen LogP contribution >= 0.6 is 0 Å². The van der Waals surface area contributed by atoms with Gasteiger partial charge in [-0.25, -0.2) is 9.18 Å². The van der Waals surface area contributed by atoms with Crippen LogP contribution in [-0.2, 0) is 9.59 Å². The normalized spacial score (nSPS) is 22.9. The van der Waals surface area contributed by atoms with Gasteiger partial charge < -0.3 is 10.0 Å². The number of rotatable bonds is 4. The summed E-state index contributed by atoms with van der Waals surface area (Å²) in [6.07, 6.45) is -0.428. The van der Waals surface area contributed by atoms with Crippen molar-refractivity contribution in [2.24, 2.45) is 0 Å². The molecule has 0 spiro atoms. The zero-order valence-corrected chi connectivity index (χ0v) is 12.7. The van der Waals surface area contributed by atoms with E-state index in [2.05, 4.69) is 0 Å². The molecular weight excluding hydrogens is 319 g/mol. The van der Waals surface area contributed by atoms with Gasteiger partial charge in [-0.2, -0.15) is 0 Å². The van der Waals surface area contributed by atoms with E-state index in [0.29, 0.717) is 11.1 Å². The maximum atomic E-state index is 14.0. The molecule has 3 amide bonds. The number of alkyl halides is 1. The minimum Gasteiger partial charge on any atom is -0.479 e. The maximum absolute atomic E-state index is 14.0. The van der Waals surface area contributed by atoms with E-state index in [-0.39, 0.29) is 25.9 Å². The molecule has 2 aliphatic heterocycles. The topological polar surface area (TPSA) is 95.0 Å². The summed E-state index contributed by atoms with van der Waals surface area (Å²) in [5.41, 5.74) is -1.83. The molecule has 0 aromatic heterocycles. The van der Waals surface area contributed by atoms with E-state index in [1.807, 2.05) is 0 Å². The Morgan fingerprint density at radius 2 is 1.75 bits per heavy atom. The van der Waals surface area contributed by atoms with Crippen molar-refractivity contribution in [3.63, 3.8) is 0 Å². The maximum Gasteiger partial charge on any atom is 0.343 e. The third-order valence-corrected chi connectivity index (χ3v) is 4.38. The van der Waals surface area contributed by atoms with Gasteiger partial charge in [0.25, 0.3) is 11.8 Å². The highest BCUT2D eigenvalue weighted by molar-refractivity contribution is 6.21. The van der Waals surface area contributed by atoms with E-state index >= 15 is 0 Å². The van der Waals surface area contributed by atoms with Crippen molar-refractivity contribution in [1.29, 1.82) is 0 Å². The highest BCUT2D eigenvalue weighted by Crippen LogP contribution is 2.27. The Morgan fingerprint density at radius 3 is 2.25 bits per heavy atom. The fraction of sp³-hybridized carbons (Fsp3) is 0.375. The monoisotopic (exact) mass is 334 g/mol. The number of carboxylic acid groups (broad SMARTS) is 1. The number of halogens is 1. The second-order valence-corrected chi connectivity index (χ2v) is 5.89. The molecule has 1 aromatic carbocycles. The van der Waals surface area contributed by atoms with Crippen LogP contribution in [0.15, 0.2) is 24.3 Å². The number of aliphatic carboxylic acids is 1. The second kappa shape index (κ2) is 5.70. The van der Waals surface area contributed by atoms with Crippen LogP contribution in [0.2, 0.25) is 0 Å². The van der Waals surface area contributed by atoms with Crippen LogP contribution in [0.25, 0.3) is 0 Å². The average Bonchev–Trinajstić information content (AvgIpc) is 3.07. The Balaban J connectivity index is 1.61. The van der Waals surface area contributed by atoms with Crippen LogP contribution in [-0.4, -0.2) is 63.9 Å². The number of carboxylic acids is 1. The van der Waals surface area contributed by atoms with Crippen LogP contribution in [0.3, 0.4) is 0 Å². The number of hydrogen-bond acceptors (Lipinski definition) is 4. The standard InChI is InChI=1S/C16H15FN2O5/c17-16(15(23)24)6-8-18(9-16)12(20)5-7-19-13(21)10-3-1-2-4-11(10)14(19)22/h1-4H,5-9H2,(H,23,24). The first-order valence-corrected chi connectivity index (χ1v) is 7.49. The molecule has 0 aliphatic carbocycles. The summed E-state index contributed by atoms with van der Waals surface area (Å²) in [6, 6.07) is 6.38. The molecule has 0 bridgehead atoms. The lowest BCUT2D eigenvalue weighted by molar-refractivity contribution is -0.150. The summed E-state index contributed by atoms with van der Waals surface area (Å²) >= 11 is 0. The highest BCUT2D eigenvalue weighted by atomic mass is 19.1. The molecule has 1 atom stereocenters. The van der Waals surface area contributed by atoms with Gasteiger partial charge in [-0.1, -0.05) is 12.1 Å². The van der Waals surface area contributed by atoms with E-state index in [9.17, 15) is 23.6 Å². The van der Waals surface area contributed by atoms with Crippen LogP contribution in [0, 0.1) is 0 Å². The van der Waals surface area contributed by atoms with Gasteiger partial charge in [-0.05, 0) is 12.1 Å². The zero-order chi connectivity index (χ0) is 17.5. The van der Waals surface area contributed by atoms with Crippen molar-refractivity contribution in [3.05, 3.63) is 35.4 Å². The predicted octanol–water partition coefficient (Wildman–Crippen LogP) is 0.698. The Hall–Kier alpha value is -2.77. The largest absolute Gasteiger partial charge is 0.479 e. The summed E-state index contributed by atoms with van der Waals surface area (Å²) in [7, 11) is 0. The molecule has 126 valence electrons. The smallest absolute Gasteiger partial charge is 0.343 e. The Labute approximate surface area is 136 Å². The van der Waals surface area contributed by atoms with Crippen LogP contribution in [0.4, 0.5) is 4.39 Å². The van der Waals surface area contributed by atoms with Crippen LogP contribution in [0.5, 0.6) is 0 Å². The van der Waals surface area contributed by atoms with Crippen molar-refractivity contribution in [1.82, 2.24) is 9.80 Å². The summed E-state index contributed by atoms with van der Waals surface area (Å²) < 4.78 is 14.0. The van der Waals surface area contributed by atoms with E-state index in [0.717, 1.165) is 9.80 Å². The summed E-state index contributed by atoms with van der Waals surface area (Å²) in [4.78, 5) is 49.4. The molecule has 1 N–H and O–H groups in total. The summed E-state index contributed by atoms with van der Waals surface area (Å²) in [6.45, 7) is -0.624. The molecule has 1 aromatic rings. The van der Waals surface area contributed by atoms with E-state index in [4.69, 9.17) is 5.11 Å². The average molecular weight is 334 g/mol. The first-order chi connectivity index (χ1) is 11.3. The molecule has 8 heteroatoms. The lowest BCUT2D eigenvalue weighted by Gasteiger charge is -2.19. The van der Waals surface area contributed by atoms with Crippen molar-refractivity contribution in [2.45, 2.75) is 18.5 Å². The number of imide groups is 1.